The SMILES string of the molecule is C=C(C)C[C@H](c1ccccc1OCc1ccccc1)N1CCNCC1.Cl.Cl. The van der Waals surface area contributed by atoms with Crippen LogP contribution in [0.2, 0.25) is 0 Å². The Hall–Kier alpha value is -1.52. The van der Waals surface area contributed by atoms with Crippen LogP contribution in [0.25, 0.3) is 0 Å². The minimum Gasteiger partial charge on any atom is -0.489 e. The Morgan fingerprint density at radius 3 is 2.33 bits per heavy atom. The number of ether oxygens (including phenoxy) is 1. The highest BCUT2D eigenvalue weighted by atomic mass is 35.5. The number of benzene rings is 2. The van der Waals surface area contributed by atoms with Gasteiger partial charge >= 0.3 is 0 Å². The second-order valence-corrected chi connectivity index (χ2v) is 6.78. The molecule has 1 heterocycles. The maximum atomic E-state index is 6.20. The molecule has 3 rings (SSSR count). The number of halogens is 2. The molecule has 0 amide bonds. The highest BCUT2D eigenvalue weighted by molar-refractivity contribution is 5.85. The minimum atomic E-state index is 0. The van der Waals surface area contributed by atoms with Gasteiger partial charge in [-0.3, -0.25) is 4.90 Å². The van der Waals surface area contributed by atoms with E-state index < -0.39 is 0 Å². The van der Waals surface area contributed by atoms with Crippen molar-refractivity contribution in [1.29, 1.82) is 0 Å². The molecule has 0 spiro atoms. The van der Waals surface area contributed by atoms with Crippen LogP contribution < -0.4 is 10.1 Å². The fraction of sp³-hybridized carbons (Fsp3) is 0.364. The maximum Gasteiger partial charge on any atom is 0.124 e. The molecule has 1 aliphatic rings. The Labute approximate surface area is 175 Å². The minimum absolute atomic E-state index is 0. The van der Waals surface area contributed by atoms with Gasteiger partial charge in [0.1, 0.15) is 12.4 Å². The Morgan fingerprint density at radius 1 is 1.04 bits per heavy atom. The second-order valence-electron chi connectivity index (χ2n) is 6.78. The van der Waals surface area contributed by atoms with Crippen LogP contribution in [-0.2, 0) is 6.61 Å². The zero-order chi connectivity index (χ0) is 17.5. The number of nitrogens with zero attached hydrogens (tertiary/aromatic N) is 1. The molecule has 0 aliphatic carbocycles. The molecule has 1 fully saturated rings. The number of piperazine rings is 1. The highest BCUT2D eigenvalue weighted by Gasteiger charge is 2.24. The number of para-hydroxylation sites is 1. The average molecular weight is 409 g/mol. The van der Waals surface area contributed by atoms with Gasteiger partial charge in [-0.25, -0.2) is 0 Å². The fourth-order valence-electron chi connectivity index (χ4n) is 3.38. The van der Waals surface area contributed by atoms with Crippen molar-refractivity contribution < 1.29 is 4.74 Å². The predicted octanol–water partition coefficient (Wildman–Crippen LogP) is 5.02. The van der Waals surface area contributed by atoms with Crippen molar-refractivity contribution in [3.05, 3.63) is 77.9 Å². The molecule has 2 aromatic carbocycles. The zero-order valence-corrected chi connectivity index (χ0v) is 17.5. The Kier molecular flexibility index (Phi) is 10.5. The smallest absolute Gasteiger partial charge is 0.124 e. The molecular weight excluding hydrogens is 379 g/mol. The maximum absolute atomic E-state index is 6.20. The van der Waals surface area contributed by atoms with Crippen molar-refractivity contribution in [3.8, 4) is 5.75 Å². The number of hydrogen-bond acceptors (Lipinski definition) is 3. The van der Waals surface area contributed by atoms with Crippen LogP contribution in [0.1, 0.15) is 30.5 Å². The Bertz CT molecular complexity index is 688. The Morgan fingerprint density at radius 2 is 1.67 bits per heavy atom. The molecule has 0 unspecified atom stereocenters. The monoisotopic (exact) mass is 408 g/mol. The quantitative estimate of drug-likeness (QED) is 0.650. The first-order chi connectivity index (χ1) is 12.2. The van der Waals surface area contributed by atoms with Gasteiger partial charge in [0.25, 0.3) is 0 Å². The van der Waals surface area contributed by atoms with Crippen LogP contribution in [0.3, 0.4) is 0 Å². The van der Waals surface area contributed by atoms with Crippen molar-refractivity contribution in [2.45, 2.75) is 26.0 Å². The van der Waals surface area contributed by atoms with Gasteiger partial charge < -0.3 is 10.1 Å². The third-order valence-corrected chi connectivity index (χ3v) is 4.65. The predicted molar refractivity (Wildman–Crippen MR) is 118 cm³/mol. The lowest BCUT2D eigenvalue weighted by atomic mass is 9.97. The molecule has 0 saturated carbocycles. The first-order valence-electron chi connectivity index (χ1n) is 9.09. The van der Waals surface area contributed by atoms with Crippen molar-refractivity contribution in [3.63, 3.8) is 0 Å². The van der Waals surface area contributed by atoms with Gasteiger partial charge in [-0.05, 0) is 25.0 Å². The molecule has 1 N–H and O–H groups in total. The van der Waals surface area contributed by atoms with Crippen molar-refractivity contribution in [2.24, 2.45) is 0 Å². The first kappa shape index (κ1) is 23.5. The molecule has 1 aliphatic heterocycles. The van der Waals surface area contributed by atoms with Gasteiger partial charge in [0.15, 0.2) is 0 Å². The summed E-state index contributed by atoms with van der Waals surface area (Å²) >= 11 is 0. The van der Waals surface area contributed by atoms with Crippen LogP contribution in [0.5, 0.6) is 5.75 Å². The van der Waals surface area contributed by atoms with Crippen LogP contribution in [0.15, 0.2) is 66.7 Å². The summed E-state index contributed by atoms with van der Waals surface area (Å²) in [6.07, 6.45) is 0.964. The number of rotatable bonds is 7. The summed E-state index contributed by atoms with van der Waals surface area (Å²) in [7, 11) is 0. The lowest BCUT2D eigenvalue weighted by Crippen LogP contribution is -2.45. The third-order valence-electron chi connectivity index (χ3n) is 4.65. The van der Waals surface area contributed by atoms with Crippen LogP contribution in [0, 0.1) is 0 Å². The van der Waals surface area contributed by atoms with Crippen LogP contribution in [0.4, 0.5) is 0 Å². The summed E-state index contributed by atoms with van der Waals surface area (Å²) in [4.78, 5) is 2.55. The molecule has 0 bridgehead atoms. The van der Waals surface area contributed by atoms with Gasteiger partial charge in [0, 0.05) is 37.8 Å². The van der Waals surface area contributed by atoms with Crippen molar-refractivity contribution in [1.82, 2.24) is 10.2 Å². The van der Waals surface area contributed by atoms with E-state index in [-0.39, 0.29) is 24.8 Å². The lowest BCUT2D eigenvalue weighted by molar-refractivity contribution is 0.167. The van der Waals surface area contributed by atoms with E-state index >= 15 is 0 Å². The van der Waals surface area contributed by atoms with Gasteiger partial charge in [-0.2, -0.15) is 0 Å². The van der Waals surface area contributed by atoms with E-state index in [0.717, 1.165) is 38.3 Å². The van der Waals surface area contributed by atoms with E-state index in [9.17, 15) is 0 Å². The van der Waals surface area contributed by atoms with Crippen LogP contribution >= 0.6 is 24.8 Å². The molecule has 148 valence electrons. The standard InChI is InChI=1S/C22H28N2O.2ClH/c1-18(2)16-21(24-14-12-23-13-15-24)20-10-6-7-11-22(20)25-17-19-8-4-3-5-9-19;;/h3-11,21,23H,1,12-17H2,2H3;2*1H/t21-;;/m1../s1. The molecule has 1 saturated heterocycles. The van der Waals surface area contributed by atoms with E-state index in [1.165, 1.54) is 16.7 Å². The molecule has 2 aromatic rings. The van der Waals surface area contributed by atoms with Gasteiger partial charge in [0.05, 0.1) is 0 Å². The molecule has 1 atom stereocenters. The fourth-order valence-corrected chi connectivity index (χ4v) is 3.38. The third kappa shape index (κ3) is 6.86. The zero-order valence-electron chi connectivity index (χ0n) is 15.9. The summed E-state index contributed by atoms with van der Waals surface area (Å²) in [5.74, 6) is 0.983. The normalized spacial score (nSPS) is 15.1. The summed E-state index contributed by atoms with van der Waals surface area (Å²) in [6.45, 7) is 11.1. The van der Waals surface area contributed by atoms with Crippen LogP contribution in [-0.4, -0.2) is 31.1 Å². The summed E-state index contributed by atoms with van der Waals surface area (Å²) in [6, 6.07) is 19.1. The van der Waals surface area contributed by atoms with E-state index in [0.29, 0.717) is 12.6 Å². The van der Waals surface area contributed by atoms with E-state index in [1.54, 1.807) is 0 Å². The van der Waals surface area contributed by atoms with E-state index in [1.807, 2.05) is 6.07 Å². The molecule has 0 aromatic heterocycles. The average Bonchev–Trinajstić information content (AvgIpc) is 2.66. The number of hydrogen-bond donors (Lipinski definition) is 1. The molecule has 27 heavy (non-hydrogen) atoms. The summed E-state index contributed by atoms with van der Waals surface area (Å²) in [5, 5.41) is 3.44. The highest BCUT2D eigenvalue weighted by Crippen LogP contribution is 2.34. The molecule has 3 nitrogen and oxygen atoms in total. The Balaban J connectivity index is 0.00000182. The molecule has 0 radical (unpaired) electrons. The number of nitrogens with one attached hydrogen (secondary N) is 1. The summed E-state index contributed by atoms with van der Waals surface area (Å²) < 4.78 is 6.20. The van der Waals surface area contributed by atoms with Crippen molar-refractivity contribution in [2.75, 3.05) is 26.2 Å². The van der Waals surface area contributed by atoms with Gasteiger partial charge in [-0.1, -0.05) is 54.1 Å². The van der Waals surface area contributed by atoms with Crippen molar-refractivity contribution >= 4 is 24.8 Å². The second kappa shape index (κ2) is 12.0. The lowest BCUT2D eigenvalue weighted by Gasteiger charge is -2.36. The molecular formula is C22H30Cl2N2O. The topological polar surface area (TPSA) is 24.5 Å². The van der Waals surface area contributed by atoms with Gasteiger partial charge in [0.2, 0.25) is 0 Å². The van der Waals surface area contributed by atoms with E-state index in [2.05, 4.69) is 72.3 Å². The summed E-state index contributed by atoms with van der Waals surface area (Å²) in [5.41, 5.74) is 3.67. The van der Waals surface area contributed by atoms with Gasteiger partial charge in [-0.15, -0.1) is 31.4 Å². The first-order valence-corrected chi connectivity index (χ1v) is 9.09. The largest absolute Gasteiger partial charge is 0.489 e. The van der Waals surface area contributed by atoms with E-state index in [4.69, 9.17) is 4.74 Å². The molecule has 5 heteroatoms.